The number of amides is 1. The van der Waals surface area contributed by atoms with Gasteiger partial charge in [-0.25, -0.2) is 13.4 Å². The van der Waals surface area contributed by atoms with Crippen LogP contribution in [0.2, 0.25) is 0 Å². The van der Waals surface area contributed by atoms with E-state index >= 15 is 0 Å². The fourth-order valence-electron chi connectivity index (χ4n) is 3.39. The molecule has 0 radical (unpaired) electrons. The number of thiazole rings is 1. The van der Waals surface area contributed by atoms with Gasteiger partial charge in [0, 0.05) is 18.7 Å². The molecule has 1 saturated heterocycles. The lowest BCUT2D eigenvalue weighted by Gasteiger charge is -2.26. The Morgan fingerprint density at radius 2 is 1.93 bits per heavy atom. The van der Waals surface area contributed by atoms with Crippen molar-refractivity contribution in [2.24, 2.45) is 0 Å². The first-order chi connectivity index (χ1) is 14.0. The van der Waals surface area contributed by atoms with Gasteiger partial charge in [0.1, 0.15) is 5.75 Å². The first kappa shape index (κ1) is 19.8. The van der Waals surface area contributed by atoms with Crippen LogP contribution in [0.1, 0.15) is 29.6 Å². The van der Waals surface area contributed by atoms with Gasteiger partial charge < -0.3 is 10.1 Å². The van der Waals surface area contributed by atoms with Crippen molar-refractivity contribution in [1.82, 2.24) is 9.29 Å². The lowest BCUT2D eigenvalue weighted by molar-refractivity contribution is 0.102. The largest absolute Gasteiger partial charge is 0.495 e. The molecule has 1 fully saturated rings. The number of rotatable bonds is 5. The average Bonchev–Trinajstić information content (AvgIpc) is 3.22. The molecular formula is C20H21N3O4S2. The first-order valence-electron chi connectivity index (χ1n) is 9.32. The topological polar surface area (TPSA) is 88.6 Å². The smallest absolute Gasteiger partial charge is 0.255 e. The Labute approximate surface area is 173 Å². The van der Waals surface area contributed by atoms with Gasteiger partial charge in [-0.3, -0.25) is 4.79 Å². The highest BCUT2D eigenvalue weighted by Gasteiger charge is 2.27. The molecule has 4 rings (SSSR count). The lowest BCUT2D eigenvalue weighted by Crippen LogP contribution is -2.35. The van der Waals surface area contributed by atoms with Crippen LogP contribution in [-0.4, -0.2) is 43.8 Å². The summed E-state index contributed by atoms with van der Waals surface area (Å²) in [5.74, 6) is 0.0564. The summed E-state index contributed by atoms with van der Waals surface area (Å²) in [6, 6.07) is 9.79. The second kappa shape index (κ2) is 8.10. The molecule has 7 nitrogen and oxygen atoms in total. The van der Waals surface area contributed by atoms with Crippen molar-refractivity contribution in [2.45, 2.75) is 24.2 Å². The van der Waals surface area contributed by atoms with Crippen LogP contribution in [-0.2, 0) is 10.0 Å². The van der Waals surface area contributed by atoms with Crippen molar-refractivity contribution >= 4 is 43.2 Å². The van der Waals surface area contributed by atoms with Gasteiger partial charge in [0.05, 0.1) is 33.4 Å². The number of benzene rings is 2. The monoisotopic (exact) mass is 431 g/mol. The number of fused-ring (bicyclic) bond motifs is 1. The van der Waals surface area contributed by atoms with Crippen molar-refractivity contribution in [3.8, 4) is 5.75 Å². The summed E-state index contributed by atoms with van der Waals surface area (Å²) < 4.78 is 33.7. The Morgan fingerprint density at radius 1 is 1.14 bits per heavy atom. The molecule has 1 aromatic heterocycles. The molecule has 0 bridgehead atoms. The third kappa shape index (κ3) is 3.98. The zero-order valence-electron chi connectivity index (χ0n) is 15.9. The van der Waals surface area contributed by atoms with Crippen LogP contribution < -0.4 is 10.1 Å². The molecule has 1 aliphatic rings. The van der Waals surface area contributed by atoms with Gasteiger partial charge in [0.15, 0.2) is 0 Å². The quantitative estimate of drug-likeness (QED) is 0.665. The van der Waals surface area contributed by atoms with Crippen LogP contribution in [0, 0.1) is 0 Å². The summed E-state index contributed by atoms with van der Waals surface area (Å²) in [6.07, 6.45) is 2.76. The molecule has 0 spiro atoms. The standard InChI is InChI=1S/C20H21N3O4S2/c1-27-18-8-6-15(29(25,26)23-9-3-2-4-10-23)12-17(18)22-20(24)14-5-7-16-19(11-14)28-13-21-16/h5-8,11-13H,2-4,9-10H2,1H3,(H,22,24). The number of sulfonamides is 1. The molecule has 1 N–H and O–H groups in total. The highest BCUT2D eigenvalue weighted by Crippen LogP contribution is 2.30. The number of nitrogens with one attached hydrogen (secondary N) is 1. The van der Waals surface area contributed by atoms with E-state index in [1.807, 2.05) is 0 Å². The number of aromatic nitrogens is 1. The van der Waals surface area contributed by atoms with Crippen molar-refractivity contribution < 1.29 is 17.9 Å². The predicted molar refractivity (Wildman–Crippen MR) is 113 cm³/mol. The first-order valence-corrected chi connectivity index (χ1v) is 11.6. The van der Waals surface area contributed by atoms with Gasteiger partial charge in [-0.15, -0.1) is 11.3 Å². The van der Waals surface area contributed by atoms with E-state index in [9.17, 15) is 13.2 Å². The van der Waals surface area contributed by atoms with Crippen LogP contribution in [0.15, 0.2) is 46.8 Å². The summed E-state index contributed by atoms with van der Waals surface area (Å²) in [5.41, 5.74) is 3.34. The zero-order chi connectivity index (χ0) is 20.4. The number of piperidine rings is 1. The van der Waals surface area contributed by atoms with E-state index in [4.69, 9.17) is 4.74 Å². The number of carbonyl (C=O) groups excluding carboxylic acids is 1. The van der Waals surface area contributed by atoms with Crippen LogP contribution in [0.4, 0.5) is 5.69 Å². The minimum Gasteiger partial charge on any atom is -0.495 e. The van der Waals surface area contributed by atoms with Gasteiger partial charge in [-0.05, 0) is 49.2 Å². The van der Waals surface area contributed by atoms with E-state index in [-0.39, 0.29) is 10.8 Å². The van der Waals surface area contributed by atoms with Crippen molar-refractivity contribution in [3.63, 3.8) is 0 Å². The zero-order valence-corrected chi connectivity index (χ0v) is 17.6. The summed E-state index contributed by atoms with van der Waals surface area (Å²) in [7, 11) is -2.13. The maximum Gasteiger partial charge on any atom is 0.255 e. The maximum absolute atomic E-state index is 13.0. The van der Waals surface area contributed by atoms with Gasteiger partial charge in [-0.2, -0.15) is 4.31 Å². The molecule has 0 aliphatic carbocycles. The Bertz CT molecular complexity index is 1150. The van der Waals surface area contributed by atoms with E-state index in [2.05, 4.69) is 10.3 Å². The van der Waals surface area contributed by atoms with Gasteiger partial charge in [0.25, 0.3) is 5.91 Å². The number of methoxy groups -OCH3 is 1. The molecule has 2 heterocycles. The van der Waals surface area contributed by atoms with E-state index in [0.29, 0.717) is 30.1 Å². The maximum atomic E-state index is 13.0. The van der Waals surface area contributed by atoms with Crippen molar-refractivity contribution in [2.75, 3.05) is 25.5 Å². The molecule has 0 unspecified atom stereocenters. The molecule has 1 aliphatic heterocycles. The molecule has 29 heavy (non-hydrogen) atoms. The Hall–Kier alpha value is -2.49. The van der Waals surface area contributed by atoms with Crippen LogP contribution in [0.5, 0.6) is 5.75 Å². The minimum atomic E-state index is -3.61. The molecule has 2 aromatic carbocycles. The highest BCUT2D eigenvalue weighted by molar-refractivity contribution is 7.89. The Morgan fingerprint density at radius 3 is 2.69 bits per heavy atom. The van der Waals surface area contributed by atoms with Crippen LogP contribution in [0.3, 0.4) is 0 Å². The molecule has 9 heteroatoms. The third-order valence-electron chi connectivity index (χ3n) is 4.97. The SMILES string of the molecule is COc1ccc(S(=O)(=O)N2CCCCC2)cc1NC(=O)c1ccc2ncsc2c1. The van der Waals surface area contributed by atoms with Crippen molar-refractivity contribution in [1.29, 1.82) is 0 Å². The van der Waals surface area contributed by atoms with Gasteiger partial charge in [0.2, 0.25) is 10.0 Å². The Kier molecular flexibility index (Phi) is 5.53. The van der Waals surface area contributed by atoms with Gasteiger partial charge >= 0.3 is 0 Å². The van der Waals surface area contributed by atoms with Crippen molar-refractivity contribution in [3.05, 3.63) is 47.5 Å². The number of anilines is 1. The minimum absolute atomic E-state index is 0.147. The van der Waals surface area contributed by atoms with E-state index < -0.39 is 10.0 Å². The average molecular weight is 432 g/mol. The summed E-state index contributed by atoms with van der Waals surface area (Å²) in [5, 5.41) is 2.79. The molecule has 1 amide bonds. The molecule has 0 saturated carbocycles. The number of nitrogens with zero attached hydrogens (tertiary/aromatic N) is 2. The number of hydrogen-bond donors (Lipinski definition) is 1. The lowest BCUT2D eigenvalue weighted by atomic mass is 10.2. The second-order valence-electron chi connectivity index (χ2n) is 6.82. The van der Waals surface area contributed by atoms with E-state index in [1.165, 1.54) is 34.9 Å². The van der Waals surface area contributed by atoms with E-state index in [0.717, 1.165) is 29.5 Å². The molecule has 3 aromatic rings. The van der Waals surface area contributed by atoms with Gasteiger partial charge in [-0.1, -0.05) is 6.42 Å². The fourth-order valence-corrected chi connectivity index (χ4v) is 5.65. The summed E-state index contributed by atoms with van der Waals surface area (Å²) >= 11 is 1.45. The predicted octanol–water partition coefficient (Wildman–Crippen LogP) is 3.73. The molecule has 152 valence electrons. The second-order valence-corrected chi connectivity index (χ2v) is 9.64. The van der Waals surface area contributed by atoms with E-state index in [1.54, 1.807) is 29.8 Å². The Balaban J connectivity index is 1.63. The molecular weight excluding hydrogens is 410 g/mol. The third-order valence-corrected chi connectivity index (χ3v) is 7.65. The van der Waals surface area contributed by atoms with Crippen LogP contribution in [0.25, 0.3) is 10.2 Å². The fraction of sp³-hybridized carbons (Fsp3) is 0.300. The summed E-state index contributed by atoms with van der Waals surface area (Å²) in [6.45, 7) is 1.04. The molecule has 0 atom stereocenters. The highest BCUT2D eigenvalue weighted by atomic mass is 32.2. The number of hydrogen-bond acceptors (Lipinski definition) is 6. The number of ether oxygens (including phenoxy) is 1. The summed E-state index contributed by atoms with van der Waals surface area (Å²) in [4.78, 5) is 17.1. The normalized spacial score (nSPS) is 15.3. The van der Waals surface area contributed by atoms with Crippen LogP contribution >= 0.6 is 11.3 Å². The number of carbonyl (C=O) groups is 1.